The van der Waals surface area contributed by atoms with E-state index in [1.54, 1.807) is 11.2 Å². The van der Waals surface area contributed by atoms with Crippen LogP contribution in [0.3, 0.4) is 0 Å². The summed E-state index contributed by atoms with van der Waals surface area (Å²) < 4.78 is 10.7. The summed E-state index contributed by atoms with van der Waals surface area (Å²) in [5.74, 6) is 1.72. The topological polar surface area (TPSA) is 70.8 Å². The highest BCUT2D eigenvalue weighted by Crippen LogP contribution is 2.13. The van der Waals surface area contributed by atoms with Crippen LogP contribution in [0.15, 0.2) is 41.1 Å². The summed E-state index contributed by atoms with van der Waals surface area (Å²) in [4.78, 5) is 20.7. The fourth-order valence-electron chi connectivity index (χ4n) is 2.71. The van der Waals surface area contributed by atoms with Gasteiger partial charge in [-0.05, 0) is 30.7 Å². The molecule has 1 fully saturated rings. The molecule has 0 aliphatic carbocycles. The average molecular weight is 344 g/mol. The lowest BCUT2D eigenvalue weighted by Gasteiger charge is -2.27. The summed E-state index contributed by atoms with van der Waals surface area (Å²) in [5, 5.41) is 2.93. The molecule has 3 rings (SSSR count). The third-order valence-electron chi connectivity index (χ3n) is 4.18. The van der Waals surface area contributed by atoms with Crippen molar-refractivity contribution in [3.05, 3.63) is 48.0 Å². The van der Waals surface area contributed by atoms with E-state index in [1.807, 2.05) is 37.4 Å². The predicted octanol–water partition coefficient (Wildman–Crippen LogP) is 2.24. The van der Waals surface area contributed by atoms with Gasteiger partial charge in [0.25, 0.3) is 0 Å². The van der Waals surface area contributed by atoms with Gasteiger partial charge in [-0.1, -0.05) is 6.07 Å². The summed E-state index contributed by atoms with van der Waals surface area (Å²) in [6, 6.07) is 7.57. The van der Waals surface area contributed by atoms with Crippen molar-refractivity contribution in [3.8, 4) is 0 Å². The molecular formula is C18H24N4O3. The summed E-state index contributed by atoms with van der Waals surface area (Å²) in [7, 11) is 0. The highest BCUT2D eigenvalue weighted by atomic mass is 16.5. The Morgan fingerprint density at radius 2 is 2.16 bits per heavy atom. The first kappa shape index (κ1) is 17.3. The summed E-state index contributed by atoms with van der Waals surface area (Å²) in [6.45, 7) is 6.67. The predicted molar refractivity (Wildman–Crippen MR) is 94.3 cm³/mol. The number of amides is 2. The van der Waals surface area contributed by atoms with Gasteiger partial charge in [-0.25, -0.2) is 9.78 Å². The van der Waals surface area contributed by atoms with E-state index in [-0.39, 0.29) is 6.03 Å². The molecular weight excluding hydrogens is 320 g/mol. The number of anilines is 1. The average Bonchev–Trinajstić information content (AvgIpc) is 3.18. The largest absolute Gasteiger partial charge is 0.467 e. The number of hydrogen-bond donors (Lipinski definition) is 1. The van der Waals surface area contributed by atoms with Crippen LogP contribution in [0, 0.1) is 0 Å². The maximum Gasteiger partial charge on any atom is 0.318 e. The first-order valence-corrected chi connectivity index (χ1v) is 8.59. The fraction of sp³-hybridized carbons (Fsp3) is 0.444. The van der Waals surface area contributed by atoms with Crippen LogP contribution in [0.4, 0.5) is 10.6 Å². The molecule has 1 N–H and O–H groups in total. The summed E-state index contributed by atoms with van der Waals surface area (Å²) >= 11 is 0. The number of carbonyl (C=O) groups excluding carboxylic acids is 1. The second-order valence-corrected chi connectivity index (χ2v) is 5.88. The van der Waals surface area contributed by atoms with Crippen molar-refractivity contribution in [1.29, 1.82) is 0 Å². The van der Waals surface area contributed by atoms with Gasteiger partial charge in [-0.3, -0.25) is 0 Å². The van der Waals surface area contributed by atoms with E-state index in [4.69, 9.17) is 9.15 Å². The maximum atomic E-state index is 12.3. The van der Waals surface area contributed by atoms with E-state index in [9.17, 15) is 4.79 Å². The van der Waals surface area contributed by atoms with E-state index in [2.05, 4.69) is 15.2 Å². The van der Waals surface area contributed by atoms with Crippen molar-refractivity contribution in [3.63, 3.8) is 0 Å². The minimum atomic E-state index is -0.115. The van der Waals surface area contributed by atoms with Crippen LogP contribution < -0.4 is 10.2 Å². The van der Waals surface area contributed by atoms with Crippen LogP contribution in [0.25, 0.3) is 0 Å². The highest BCUT2D eigenvalue weighted by Gasteiger charge is 2.14. The van der Waals surface area contributed by atoms with Crippen LogP contribution >= 0.6 is 0 Å². The van der Waals surface area contributed by atoms with Crippen molar-refractivity contribution < 1.29 is 13.9 Å². The molecule has 0 saturated carbocycles. The minimum absolute atomic E-state index is 0.115. The van der Waals surface area contributed by atoms with Crippen LogP contribution in [-0.4, -0.2) is 48.8 Å². The number of urea groups is 1. The van der Waals surface area contributed by atoms with Gasteiger partial charge in [-0.15, -0.1) is 0 Å². The van der Waals surface area contributed by atoms with Gasteiger partial charge >= 0.3 is 6.03 Å². The third-order valence-corrected chi connectivity index (χ3v) is 4.18. The van der Waals surface area contributed by atoms with Gasteiger partial charge < -0.3 is 24.3 Å². The SMILES string of the molecule is CCN(Cc1ccco1)C(=O)NCc1ccc(N2CCOCC2)nc1. The van der Waals surface area contributed by atoms with Gasteiger partial charge in [0.05, 0.1) is 26.0 Å². The van der Waals surface area contributed by atoms with Crippen molar-refractivity contribution in [2.45, 2.75) is 20.0 Å². The molecule has 1 aliphatic rings. The Kier molecular flexibility index (Phi) is 5.90. The lowest BCUT2D eigenvalue weighted by molar-refractivity contribution is 0.122. The Balaban J connectivity index is 1.50. The fourth-order valence-corrected chi connectivity index (χ4v) is 2.71. The molecule has 1 saturated heterocycles. The molecule has 0 unspecified atom stereocenters. The number of aromatic nitrogens is 1. The third kappa shape index (κ3) is 4.73. The first-order valence-electron chi connectivity index (χ1n) is 8.59. The number of carbonyl (C=O) groups is 1. The first-order chi connectivity index (χ1) is 12.3. The molecule has 2 aromatic heterocycles. The molecule has 25 heavy (non-hydrogen) atoms. The normalized spacial score (nSPS) is 14.4. The van der Waals surface area contributed by atoms with Crippen molar-refractivity contribution >= 4 is 11.8 Å². The molecule has 7 nitrogen and oxygen atoms in total. The number of morpholine rings is 1. The second-order valence-electron chi connectivity index (χ2n) is 5.88. The maximum absolute atomic E-state index is 12.3. The molecule has 0 spiro atoms. The van der Waals surface area contributed by atoms with Gasteiger partial charge in [0.15, 0.2) is 0 Å². The van der Waals surface area contributed by atoms with Crippen LogP contribution in [0.2, 0.25) is 0 Å². The minimum Gasteiger partial charge on any atom is -0.467 e. The van der Waals surface area contributed by atoms with E-state index in [0.717, 1.165) is 43.4 Å². The van der Waals surface area contributed by atoms with E-state index in [1.165, 1.54) is 0 Å². The van der Waals surface area contributed by atoms with Crippen molar-refractivity contribution in [2.75, 3.05) is 37.7 Å². The molecule has 2 amide bonds. The zero-order valence-corrected chi connectivity index (χ0v) is 14.5. The van der Waals surface area contributed by atoms with Gasteiger partial charge in [0.2, 0.25) is 0 Å². The number of nitrogens with zero attached hydrogens (tertiary/aromatic N) is 3. The Morgan fingerprint density at radius 1 is 1.32 bits per heavy atom. The quantitative estimate of drug-likeness (QED) is 0.870. The number of ether oxygens (including phenoxy) is 1. The van der Waals surface area contributed by atoms with E-state index >= 15 is 0 Å². The van der Waals surface area contributed by atoms with Crippen LogP contribution in [0.1, 0.15) is 18.2 Å². The molecule has 3 heterocycles. The van der Waals surface area contributed by atoms with Crippen LogP contribution in [0.5, 0.6) is 0 Å². The second kappa shape index (κ2) is 8.53. The zero-order chi connectivity index (χ0) is 17.5. The molecule has 134 valence electrons. The standard InChI is InChI=1S/C18H24N4O3/c1-2-21(14-16-4-3-9-25-16)18(23)20-13-15-5-6-17(19-12-15)22-7-10-24-11-8-22/h3-6,9,12H,2,7-8,10-11,13-14H2,1H3,(H,20,23). The number of hydrogen-bond acceptors (Lipinski definition) is 5. The molecule has 1 aliphatic heterocycles. The van der Waals surface area contributed by atoms with Gasteiger partial charge in [0, 0.05) is 32.4 Å². The van der Waals surface area contributed by atoms with Gasteiger partial charge in [-0.2, -0.15) is 0 Å². The Morgan fingerprint density at radius 3 is 2.80 bits per heavy atom. The summed E-state index contributed by atoms with van der Waals surface area (Å²) in [6.07, 6.45) is 3.43. The number of rotatable bonds is 6. The number of nitrogens with one attached hydrogen (secondary N) is 1. The lowest BCUT2D eigenvalue weighted by Crippen LogP contribution is -2.39. The Hall–Kier alpha value is -2.54. The monoisotopic (exact) mass is 344 g/mol. The Bertz CT molecular complexity index is 651. The van der Waals surface area contributed by atoms with Crippen molar-refractivity contribution in [1.82, 2.24) is 15.2 Å². The molecule has 0 aromatic carbocycles. The molecule has 2 aromatic rings. The van der Waals surface area contributed by atoms with Crippen molar-refractivity contribution in [2.24, 2.45) is 0 Å². The lowest BCUT2D eigenvalue weighted by atomic mass is 10.2. The number of pyridine rings is 1. The van der Waals surface area contributed by atoms with E-state index in [0.29, 0.717) is 19.6 Å². The Labute approximate surface area is 147 Å². The summed E-state index contributed by atoms with van der Waals surface area (Å²) in [5.41, 5.74) is 0.972. The number of furan rings is 1. The van der Waals surface area contributed by atoms with E-state index < -0.39 is 0 Å². The molecule has 0 radical (unpaired) electrons. The van der Waals surface area contributed by atoms with Gasteiger partial charge in [0.1, 0.15) is 11.6 Å². The van der Waals surface area contributed by atoms with Crippen LogP contribution in [-0.2, 0) is 17.8 Å². The smallest absolute Gasteiger partial charge is 0.318 e. The molecule has 7 heteroatoms. The highest BCUT2D eigenvalue weighted by molar-refractivity contribution is 5.74. The molecule has 0 atom stereocenters. The molecule has 0 bridgehead atoms. The zero-order valence-electron chi connectivity index (χ0n) is 14.5.